The predicted octanol–water partition coefficient (Wildman–Crippen LogP) is 2.61. The molecule has 2 rings (SSSR count). The molecular formula is C18H23F4N5O3. The van der Waals surface area contributed by atoms with Gasteiger partial charge in [-0.1, -0.05) is 6.92 Å². The maximum atomic E-state index is 15.3. The maximum absolute atomic E-state index is 15.3. The summed E-state index contributed by atoms with van der Waals surface area (Å²) >= 11 is 0. The molecule has 1 aliphatic carbocycles. The van der Waals surface area contributed by atoms with Gasteiger partial charge in [0.05, 0.1) is 18.4 Å². The number of hydrogen-bond donors (Lipinski definition) is 3. The largest absolute Gasteiger partial charge is 0.495 e. The van der Waals surface area contributed by atoms with Crippen molar-refractivity contribution in [3.63, 3.8) is 0 Å². The first kappa shape index (κ1) is 23.4. The summed E-state index contributed by atoms with van der Waals surface area (Å²) in [5, 5.41) is 5.12. The van der Waals surface area contributed by atoms with Crippen molar-refractivity contribution < 1.29 is 31.8 Å². The summed E-state index contributed by atoms with van der Waals surface area (Å²) in [6, 6.07) is 0. The number of carbonyl (C=O) groups is 1. The zero-order valence-electron chi connectivity index (χ0n) is 16.9. The number of nitrogens with one attached hydrogen (secondary N) is 2. The highest BCUT2D eigenvalue weighted by Crippen LogP contribution is 2.45. The molecule has 1 aliphatic rings. The van der Waals surface area contributed by atoms with Gasteiger partial charge < -0.3 is 25.8 Å². The predicted molar refractivity (Wildman–Crippen MR) is 101 cm³/mol. The van der Waals surface area contributed by atoms with Gasteiger partial charge in [-0.15, -0.1) is 0 Å². The number of carbonyl (C=O) groups excluding carboxylic acids is 1. The monoisotopic (exact) mass is 433 g/mol. The van der Waals surface area contributed by atoms with Crippen LogP contribution < -0.4 is 16.4 Å². The zero-order chi connectivity index (χ0) is 22.7. The first-order valence-electron chi connectivity index (χ1n) is 8.81. The topological polar surface area (TPSA) is 111 Å². The van der Waals surface area contributed by atoms with Crippen molar-refractivity contribution in [3.05, 3.63) is 34.9 Å². The highest BCUT2D eigenvalue weighted by Gasteiger charge is 2.47. The lowest BCUT2D eigenvalue weighted by molar-refractivity contribution is -0.137. The molecule has 1 amide bonds. The molecule has 1 heterocycles. The van der Waals surface area contributed by atoms with Gasteiger partial charge in [0, 0.05) is 32.4 Å². The Labute approximate surface area is 170 Å². The lowest BCUT2D eigenvalue weighted by Gasteiger charge is -2.39. The Balaban J connectivity index is 2.58. The summed E-state index contributed by atoms with van der Waals surface area (Å²) in [4.78, 5) is 19.3. The number of amides is 1. The Bertz CT molecular complexity index is 872. The van der Waals surface area contributed by atoms with E-state index in [4.69, 9.17) is 15.2 Å². The fraction of sp³-hybridized carbons (Fsp3) is 0.500. The van der Waals surface area contributed by atoms with Crippen LogP contribution in [-0.2, 0) is 20.4 Å². The number of rotatable bonds is 8. The van der Waals surface area contributed by atoms with Crippen molar-refractivity contribution in [2.75, 3.05) is 38.5 Å². The van der Waals surface area contributed by atoms with Crippen molar-refractivity contribution in [1.29, 1.82) is 0 Å². The molecule has 0 bridgehead atoms. The van der Waals surface area contributed by atoms with E-state index < -0.39 is 35.1 Å². The van der Waals surface area contributed by atoms with Crippen LogP contribution in [0.25, 0.3) is 0 Å². The second-order valence-electron chi connectivity index (χ2n) is 6.76. The third-order valence-corrected chi connectivity index (χ3v) is 4.83. The molecule has 0 radical (unpaired) electrons. The molecule has 1 aromatic heterocycles. The Kier molecular flexibility index (Phi) is 6.91. The fourth-order valence-corrected chi connectivity index (χ4v) is 3.12. The van der Waals surface area contributed by atoms with Crippen LogP contribution in [0.3, 0.4) is 0 Å². The van der Waals surface area contributed by atoms with Crippen LogP contribution in [0.4, 0.5) is 29.3 Å². The molecule has 0 saturated carbocycles. The van der Waals surface area contributed by atoms with Crippen molar-refractivity contribution >= 4 is 17.7 Å². The first-order chi connectivity index (χ1) is 14.0. The Morgan fingerprint density at radius 2 is 2.03 bits per heavy atom. The van der Waals surface area contributed by atoms with Crippen molar-refractivity contribution in [2.45, 2.75) is 25.7 Å². The van der Waals surface area contributed by atoms with Gasteiger partial charge in [-0.05, 0) is 12.5 Å². The molecule has 0 aliphatic heterocycles. The van der Waals surface area contributed by atoms with Crippen LogP contribution in [0.2, 0.25) is 0 Å². The lowest BCUT2D eigenvalue weighted by atomic mass is 9.72. The van der Waals surface area contributed by atoms with Crippen LogP contribution >= 0.6 is 0 Å². The third kappa shape index (κ3) is 4.48. The molecule has 30 heavy (non-hydrogen) atoms. The minimum atomic E-state index is -4.66. The molecule has 2 atom stereocenters. The van der Waals surface area contributed by atoms with Crippen LogP contribution in [-0.4, -0.2) is 49.9 Å². The number of hydrogen-bond acceptors (Lipinski definition) is 7. The van der Waals surface area contributed by atoms with E-state index in [2.05, 4.69) is 20.6 Å². The second kappa shape index (κ2) is 8.86. The highest BCUT2D eigenvalue weighted by molar-refractivity contribution is 5.94. The van der Waals surface area contributed by atoms with Gasteiger partial charge in [0.15, 0.2) is 0 Å². The second-order valence-corrected chi connectivity index (χ2v) is 6.76. The molecule has 0 saturated heterocycles. The average molecular weight is 433 g/mol. The SMILES string of the molecule is CNc1nc(NC2=C(OC)C=C(C(N)=O)C(F)C2(C)CCOC)ncc1C(F)(F)F. The van der Waals surface area contributed by atoms with E-state index in [0.29, 0.717) is 6.20 Å². The number of ether oxygens (including phenoxy) is 2. The minimum absolute atomic E-state index is 0.0748. The molecule has 1 aromatic rings. The summed E-state index contributed by atoms with van der Waals surface area (Å²) in [6.07, 6.45) is -4.63. The quantitative estimate of drug-likeness (QED) is 0.541. The number of methoxy groups -OCH3 is 2. The molecule has 4 N–H and O–H groups in total. The summed E-state index contributed by atoms with van der Waals surface area (Å²) in [7, 11) is 4.01. The highest BCUT2D eigenvalue weighted by atomic mass is 19.4. The smallest absolute Gasteiger partial charge is 0.421 e. The number of aromatic nitrogens is 2. The number of alkyl halides is 4. The van der Waals surface area contributed by atoms with Gasteiger partial charge in [-0.3, -0.25) is 4.79 Å². The molecular weight excluding hydrogens is 410 g/mol. The Hall–Kier alpha value is -2.89. The molecule has 166 valence electrons. The van der Waals surface area contributed by atoms with Crippen molar-refractivity contribution in [1.82, 2.24) is 9.97 Å². The van der Waals surface area contributed by atoms with E-state index in [-0.39, 0.29) is 36.0 Å². The Morgan fingerprint density at radius 1 is 1.37 bits per heavy atom. The van der Waals surface area contributed by atoms with E-state index in [1.54, 1.807) is 0 Å². The lowest BCUT2D eigenvalue weighted by Crippen LogP contribution is -2.43. The van der Waals surface area contributed by atoms with Gasteiger partial charge in [0.25, 0.3) is 0 Å². The number of primary amides is 1. The summed E-state index contributed by atoms with van der Waals surface area (Å²) in [6.45, 7) is 1.64. The fourth-order valence-electron chi connectivity index (χ4n) is 3.12. The average Bonchev–Trinajstić information content (AvgIpc) is 2.69. The van der Waals surface area contributed by atoms with Crippen LogP contribution in [0, 0.1) is 5.41 Å². The summed E-state index contributed by atoms with van der Waals surface area (Å²) in [5.41, 5.74) is 2.71. The number of allylic oxidation sites excluding steroid dienone is 2. The van der Waals surface area contributed by atoms with Crippen LogP contribution in [0.5, 0.6) is 0 Å². The van der Waals surface area contributed by atoms with Gasteiger partial charge in [-0.25, -0.2) is 9.37 Å². The van der Waals surface area contributed by atoms with Gasteiger partial charge >= 0.3 is 6.18 Å². The van der Waals surface area contributed by atoms with Gasteiger partial charge in [-0.2, -0.15) is 18.2 Å². The summed E-state index contributed by atoms with van der Waals surface area (Å²) < 4.78 is 65.0. The van der Waals surface area contributed by atoms with Crippen LogP contribution in [0.15, 0.2) is 29.3 Å². The Morgan fingerprint density at radius 3 is 2.53 bits per heavy atom. The maximum Gasteiger partial charge on any atom is 0.421 e. The summed E-state index contributed by atoms with van der Waals surface area (Å²) in [5.74, 6) is -1.56. The van der Waals surface area contributed by atoms with E-state index in [0.717, 1.165) is 6.08 Å². The third-order valence-electron chi connectivity index (χ3n) is 4.83. The molecule has 12 heteroatoms. The van der Waals surface area contributed by atoms with E-state index in [1.165, 1.54) is 28.2 Å². The van der Waals surface area contributed by atoms with Crippen molar-refractivity contribution in [3.8, 4) is 0 Å². The number of nitrogens with zero attached hydrogens (tertiary/aromatic N) is 2. The molecule has 0 fully saturated rings. The minimum Gasteiger partial charge on any atom is -0.495 e. The normalized spacial score (nSPS) is 21.9. The van der Waals surface area contributed by atoms with Gasteiger partial charge in [0.2, 0.25) is 11.9 Å². The molecule has 0 aromatic carbocycles. The number of anilines is 2. The van der Waals surface area contributed by atoms with E-state index in [1.807, 2.05) is 0 Å². The van der Waals surface area contributed by atoms with E-state index >= 15 is 4.39 Å². The van der Waals surface area contributed by atoms with Gasteiger partial charge in [0.1, 0.15) is 23.3 Å². The molecule has 8 nitrogen and oxygen atoms in total. The van der Waals surface area contributed by atoms with Crippen molar-refractivity contribution in [2.24, 2.45) is 11.1 Å². The number of halogens is 4. The zero-order valence-corrected chi connectivity index (χ0v) is 16.9. The molecule has 0 spiro atoms. The first-order valence-corrected chi connectivity index (χ1v) is 8.81. The molecule has 2 unspecified atom stereocenters. The standard InChI is InChI=1S/C18H23F4N5O3/c1-17(5-6-29-3)12(19)9(14(23)28)7-11(30-4)13(17)26-16-25-8-10(18(20,21)22)15(24-2)27-16/h7-8,12H,5-6H2,1-4H3,(H2,23,28)(H2,24,25,26,27). The van der Waals surface area contributed by atoms with Crippen LogP contribution in [0.1, 0.15) is 18.9 Å². The number of nitrogens with two attached hydrogens (primary N) is 1. The van der Waals surface area contributed by atoms with E-state index in [9.17, 15) is 18.0 Å².